The van der Waals surface area contributed by atoms with Gasteiger partial charge >= 0.3 is 12.0 Å². The monoisotopic (exact) mass is 466 g/mol. The van der Waals surface area contributed by atoms with E-state index in [4.69, 9.17) is 14.2 Å². The summed E-state index contributed by atoms with van der Waals surface area (Å²) in [6, 6.07) is 9.18. The first-order valence-electron chi connectivity index (χ1n) is 10.7. The fourth-order valence-electron chi connectivity index (χ4n) is 3.98. The van der Waals surface area contributed by atoms with E-state index in [0.29, 0.717) is 17.7 Å². The summed E-state index contributed by atoms with van der Waals surface area (Å²) in [6.45, 7) is 2.24. The van der Waals surface area contributed by atoms with Crippen LogP contribution in [0.2, 0.25) is 0 Å². The fourth-order valence-corrected chi connectivity index (χ4v) is 3.98. The SMILES string of the molecule is CCNC(=O)Nc1ncnc2c1ncn2C1OC(C(=O)O)C2OC(C=Cc3ccccc3)OC21. The predicted octanol–water partition coefficient (Wildman–Crippen LogP) is 1.77. The van der Waals surface area contributed by atoms with Gasteiger partial charge < -0.3 is 24.6 Å². The summed E-state index contributed by atoms with van der Waals surface area (Å²) in [5.74, 6) is -0.947. The summed E-state index contributed by atoms with van der Waals surface area (Å²) in [6.07, 6.45) is 1.89. The number of nitrogens with one attached hydrogen (secondary N) is 2. The van der Waals surface area contributed by atoms with Crippen LogP contribution in [0.4, 0.5) is 10.6 Å². The Kier molecular flexibility index (Phi) is 5.92. The first-order chi connectivity index (χ1) is 16.5. The third-order valence-electron chi connectivity index (χ3n) is 5.46. The molecule has 12 heteroatoms. The lowest BCUT2D eigenvalue weighted by Crippen LogP contribution is -2.34. The minimum atomic E-state index is -1.24. The van der Waals surface area contributed by atoms with Gasteiger partial charge in [0.1, 0.15) is 18.5 Å². The smallest absolute Gasteiger partial charge is 0.335 e. The quantitative estimate of drug-likeness (QED) is 0.494. The second-order valence-corrected chi connectivity index (χ2v) is 7.66. The van der Waals surface area contributed by atoms with E-state index in [2.05, 4.69) is 25.6 Å². The molecule has 34 heavy (non-hydrogen) atoms. The van der Waals surface area contributed by atoms with Gasteiger partial charge in [-0.3, -0.25) is 9.88 Å². The molecule has 2 fully saturated rings. The van der Waals surface area contributed by atoms with Gasteiger partial charge in [0, 0.05) is 6.54 Å². The molecule has 176 valence electrons. The van der Waals surface area contributed by atoms with Crippen molar-refractivity contribution >= 4 is 35.1 Å². The van der Waals surface area contributed by atoms with Crippen LogP contribution < -0.4 is 10.6 Å². The lowest BCUT2D eigenvalue weighted by atomic mass is 10.1. The zero-order valence-electron chi connectivity index (χ0n) is 18.1. The summed E-state index contributed by atoms with van der Waals surface area (Å²) >= 11 is 0. The molecular formula is C22H22N6O6. The highest BCUT2D eigenvalue weighted by Crippen LogP contribution is 2.41. The van der Waals surface area contributed by atoms with Crippen molar-refractivity contribution in [2.75, 3.05) is 11.9 Å². The molecule has 3 N–H and O–H groups in total. The average Bonchev–Trinajstić information content (AvgIpc) is 3.52. The van der Waals surface area contributed by atoms with E-state index in [9.17, 15) is 14.7 Å². The summed E-state index contributed by atoms with van der Waals surface area (Å²) in [5, 5.41) is 14.9. The Balaban J connectivity index is 1.42. The van der Waals surface area contributed by atoms with E-state index in [1.165, 1.54) is 12.7 Å². The number of hydrogen-bond donors (Lipinski definition) is 3. The van der Waals surface area contributed by atoms with Crippen LogP contribution in [0.15, 0.2) is 49.1 Å². The minimum absolute atomic E-state index is 0.214. The number of carbonyl (C=O) groups is 2. The number of anilines is 1. The number of imidazole rings is 1. The number of benzene rings is 1. The predicted molar refractivity (Wildman–Crippen MR) is 119 cm³/mol. The Morgan fingerprint density at radius 3 is 2.68 bits per heavy atom. The van der Waals surface area contributed by atoms with Crippen molar-refractivity contribution in [3.05, 3.63) is 54.6 Å². The van der Waals surface area contributed by atoms with Crippen LogP contribution in [0.3, 0.4) is 0 Å². The topological polar surface area (TPSA) is 150 Å². The summed E-state index contributed by atoms with van der Waals surface area (Å²) in [4.78, 5) is 36.5. The molecule has 5 atom stereocenters. The van der Waals surface area contributed by atoms with Gasteiger partial charge in [-0.25, -0.2) is 24.5 Å². The van der Waals surface area contributed by atoms with Crippen molar-refractivity contribution in [2.24, 2.45) is 0 Å². The molecule has 5 unspecified atom stereocenters. The first kappa shape index (κ1) is 21.9. The Morgan fingerprint density at radius 1 is 1.12 bits per heavy atom. The maximum atomic E-state index is 11.9. The van der Waals surface area contributed by atoms with Crippen molar-refractivity contribution in [1.29, 1.82) is 0 Å². The van der Waals surface area contributed by atoms with Crippen molar-refractivity contribution in [2.45, 2.75) is 37.8 Å². The van der Waals surface area contributed by atoms with Crippen LogP contribution >= 0.6 is 0 Å². The second kappa shape index (κ2) is 9.17. The number of urea groups is 1. The Labute approximate surface area is 193 Å². The molecule has 0 radical (unpaired) electrons. The van der Waals surface area contributed by atoms with Gasteiger partial charge in [0.2, 0.25) is 0 Å². The number of hydrogen-bond acceptors (Lipinski definition) is 8. The van der Waals surface area contributed by atoms with Gasteiger partial charge in [-0.05, 0) is 18.6 Å². The highest BCUT2D eigenvalue weighted by Gasteiger charge is 2.56. The van der Waals surface area contributed by atoms with E-state index in [0.717, 1.165) is 5.56 Å². The maximum absolute atomic E-state index is 11.9. The third kappa shape index (κ3) is 4.09. The van der Waals surface area contributed by atoms with Crippen LogP contribution in [-0.2, 0) is 19.0 Å². The Hall–Kier alpha value is -3.87. The molecule has 2 amide bonds. The van der Waals surface area contributed by atoms with Crippen molar-refractivity contribution in [3.8, 4) is 0 Å². The van der Waals surface area contributed by atoms with E-state index >= 15 is 0 Å². The summed E-state index contributed by atoms with van der Waals surface area (Å²) in [7, 11) is 0. The Bertz CT molecular complexity index is 1230. The van der Waals surface area contributed by atoms with Gasteiger partial charge in [-0.2, -0.15) is 0 Å². The molecule has 0 spiro atoms. The number of nitrogens with zero attached hydrogens (tertiary/aromatic N) is 4. The summed E-state index contributed by atoms with van der Waals surface area (Å²) < 4.78 is 19.3. The number of fused-ring (bicyclic) bond motifs is 2. The van der Waals surface area contributed by atoms with Crippen molar-refractivity contribution in [1.82, 2.24) is 24.8 Å². The second-order valence-electron chi connectivity index (χ2n) is 7.66. The number of carbonyl (C=O) groups excluding carboxylic acids is 1. The molecule has 5 rings (SSSR count). The van der Waals surface area contributed by atoms with Gasteiger partial charge in [0.15, 0.2) is 35.6 Å². The average molecular weight is 466 g/mol. The molecule has 0 aliphatic carbocycles. The number of carboxylic acids is 1. The van der Waals surface area contributed by atoms with Gasteiger partial charge in [0.25, 0.3) is 0 Å². The van der Waals surface area contributed by atoms with Crippen molar-refractivity contribution in [3.63, 3.8) is 0 Å². The highest BCUT2D eigenvalue weighted by atomic mass is 16.8. The van der Waals surface area contributed by atoms with Crippen LogP contribution in [0, 0.1) is 0 Å². The van der Waals surface area contributed by atoms with Gasteiger partial charge in [-0.15, -0.1) is 0 Å². The molecule has 1 aromatic carbocycles. The molecular weight excluding hydrogens is 444 g/mol. The zero-order chi connectivity index (χ0) is 23.7. The van der Waals surface area contributed by atoms with E-state index < -0.39 is 42.8 Å². The molecule has 12 nitrogen and oxygen atoms in total. The van der Waals surface area contributed by atoms with Crippen molar-refractivity contribution < 1.29 is 28.9 Å². The van der Waals surface area contributed by atoms with E-state index in [1.54, 1.807) is 17.6 Å². The lowest BCUT2D eigenvalue weighted by Gasteiger charge is -2.19. The number of aromatic nitrogens is 4. The number of ether oxygens (including phenoxy) is 3. The zero-order valence-corrected chi connectivity index (χ0v) is 18.1. The number of amides is 2. The van der Waals surface area contributed by atoms with Gasteiger partial charge in [-0.1, -0.05) is 36.4 Å². The molecule has 2 aromatic heterocycles. The van der Waals surface area contributed by atoms with Crippen LogP contribution in [0.5, 0.6) is 0 Å². The minimum Gasteiger partial charge on any atom is -0.479 e. The highest BCUT2D eigenvalue weighted by molar-refractivity contribution is 5.95. The normalized spacial score (nSPS) is 26.1. The fraction of sp³-hybridized carbons (Fsp3) is 0.318. The third-order valence-corrected chi connectivity index (χ3v) is 5.46. The lowest BCUT2D eigenvalue weighted by molar-refractivity contribution is -0.166. The Morgan fingerprint density at radius 2 is 1.91 bits per heavy atom. The molecule has 3 aromatic rings. The molecule has 2 saturated heterocycles. The standard InChI is InChI=1S/C22H22N6O6/c1-2-23-22(31)27-18-14-19(25-10-24-18)28(11-26-14)20-16-15(17(34-20)21(29)30)32-13(33-16)9-8-12-6-4-3-5-7-12/h3-11,13,15-17,20H,2H2,1H3,(H,29,30)(H2,23,24,25,27,31). The van der Waals surface area contributed by atoms with Crippen LogP contribution in [0.1, 0.15) is 18.7 Å². The number of carboxylic acid groups (broad SMARTS) is 1. The summed E-state index contributed by atoms with van der Waals surface area (Å²) in [5.41, 5.74) is 1.63. The van der Waals surface area contributed by atoms with Crippen LogP contribution in [-0.4, -0.2) is 67.8 Å². The number of aliphatic carboxylic acids is 1. The molecule has 0 bridgehead atoms. The van der Waals surface area contributed by atoms with Crippen LogP contribution in [0.25, 0.3) is 17.2 Å². The maximum Gasteiger partial charge on any atom is 0.335 e. The molecule has 0 saturated carbocycles. The molecule has 4 heterocycles. The molecule has 2 aliphatic heterocycles. The largest absolute Gasteiger partial charge is 0.479 e. The molecule has 2 aliphatic rings. The first-order valence-corrected chi connectivity index (χ1v) is 10.7. The van der Waals surface area contributed by atoms with E-state index in [1.807, 2.05) is 36.4 Å². The van der Waals surface area contributed by atoms with E-state index in [-0.39, 0.29) is 5.82 Å². The number of rotatable bonds is 6. The van der Waals surface area contributed by atoms with Gasteiger partial charge in [0.05, 0.1) is 6.33 Å².